The second-order valence-corrected chi connectivity index (χ2v) is 3.83. The molecule has 0 aromatic rings. The monoisotopic (exact) mass is 218 g/mol. The van der Waals surface area contributed by atoms with E-state index in [0.29, 0.717) is 0 Å². The molecule has 0 unspecified atom stereocenters. The molecule has 0 aromatic heterocycles. The van der Waals surface area contributed by atoms with E-state index in [-0.39, 0.29) is 22.9 Å². The molecule has 0 spiro atoms. The first-order valence-corrected chi connectivity index (χ1v) is 5.58. The van der Waals surface area contributed by atoms with E-state index in [2.05, 4.69) is 10.4 Å². The third kappa shape index (κ3) is 5.69. The van der Waals surface area contributed by atoms with Crippen LogP contribution in [0.4, 0.5) is 0 Å². The minimum Gasteiger partial charge on any atom is -0.377 e. The van der Waals surface area contributed by atoms with Crippen molar-refractivity contribution in [3.8, 4) is 0 Å². The summed E-state index contributed by atoms with van der Waals surface area (Å²) in [7, 11) is 0. The Morgan fingerprint density at radius 2 is 2.07 bits per heavy atom. The predicted octanol–water partition coefficient (Wildman–Crippen LogP) is 0.213. The van der Waals surface area contributed by atoms with E-state index in [1.165, 1.54) is 0 Å². The number of thioether (sulfide) groups is 1. The van der Waals surface area contributed by atoms with Crippen molar-refractivity contribution in [3.05, 3.63) is 0 Å². The Morgan fingerprint density at radius 1 is 1.50 bits per heavy atom. The predicted molar refractivity (Wildman–Crippen MR) is 60.8 cm³/mol. The van der Waals surface area contributed by atoms with Gasteiger partial charge in [-0.15, -0.1) is 0 Å². The van der Waals surface area contributed by atoms with Gasteiger partial charge in [0.15, 0.2) is 5.17 Å². The molecule has 6 heteroatoms. The van der Waals surface area contributed by atoms with E-state index < -0.39 is 0 Å². The van der Waals surface area contributed by atoms with Gasteiger partial charge >= 0.3 is 0 Å². The number of hydrazone groups is 1. The number of nitrogens with one attached hydrogen (secondary N) is 1. The zero-order valence-corrected chi connectivity index (χ0v) is 9.43. The van der Waals surface area contributed by atoms with Crippen molar-refractivity contribution in [2.75, 3.05) is 5.75 Å². The Hall–Kier alpha value is -0.910. The summed E-state index contributed by atoms with van der Waals surface area (Å²) in [5, 5.41) is 6.37. The molecule has 1 amide bonds. The minimum atomic E-state index is -0.0321. The van der Waals surface area contributed by atoms with Crippen molar-refractivity contribution in [2.24, 2.45) is 16.7 Å². The molecule has 0 aromatic carbocycles. The maximum absolute atomic E-state index is 11.3. The summed E-state index contributed by atoms with van der Waals surface area (Å²) >= 11 is 1.14. The number of amides is 1. The van der Waals surface area contributed by atoms with Gasteiger partial charge in [0.2, 0.25) is 5.91 Å². The molecule has 0 saturated carbocycles. The fourth-order valence-corrected chi connectivity index (χ4v) is 1.38. The maximum Gasteiger partial charge on any atom is 0.230 e. The number of carbonyl (C=O) groups is 1. The van der Waals surface area contributed by atoms with Crippen LogP contribution in [0.1, 0.15) is 26.7 Å². The second kappa shape index (κ2) is 7.49. The molecule has 0 radical (unpaired) electrons. The highest BCUT2D eigenvalue weighted by Gasteiger charge is 2.08. The van der Waals surface area contributed by atoms with E-state index in [9.17, 15) is 4.79 Å². The van der Waals surface area contributed by atoms with Crippen LogP contribution in [0.15, 0.2) is 5.10 Å². The second-order valence-electron chi connectivity index (χ2n) is 2.84. The molecule has 0 heterocycles. The van der Waals surface area contributed by atoms with Crippen LogP contribution >= 0.6 is 11.8 Å². The van der Waals surface area contributed by atoms with Crippen molar-refractivity contribution in [1.82, 2.24) is 5.32 Å². The van der Waals surface area contributed by atoms with Crippen LogP contribution in [0.25, 0.3) is 0 Å². The summed E-state index contributed by atoms with van der Waals surface area (Å²) in [4.78, 5) is 11.3. The first kappa shape index (κ1) is 13.1. The van der Waals surface area contributed by atoms with Gasteiger partial charge in [0.05, 0.1) is 5.75 Å². The molecule has 82 valence electrons. The first-order valence-electron chi connectivity index (χ1n) is 4.59. The molecule has 0 atom stereocenters. The van der Waals surface area contributed by atoms with Crippen LogP contribution in [-0.2, 0) is 4.79 Å². The third-order valence-corrected chi connectivity index (χ3v) is 2.64. The van der Waals surface area contributed by atoms with Crippen molar-refractivity contribution >= 4 is 22.8 Å². The number of hydrogen-bond donors (Lipinski definition) is 3. The van der Waals surface area contributed by atoms with Gasteiger partial charge < -0.3 is 16.9 Å². The van der Waals surface area contributed by atoms with Gasteiger partial charge in [-0.05, 0) is 12.8 Å². The number of nitrogens with two attached hydrogens (primary N) is 2. The molecule has 0 rings (SSSR count). The Bertz CT molecular complexity index is 204. The Balaban J connectivity index is 3.75. The fourth-order valence-electron chi connectivity index (χ4n) is 0.939. The quantitative estimate of drug-likeness (QED) is 0.266. The lowest BCUT2D eigenvalue weighted by molar-refractivity contribution is -0.119. The Morgan fingerprint density at radius 3 is 2.50 bits per heavy atom. The van der Waals surface area contributed by atoms with Gasteiger partial charge in [0.1, 0.15) is 0 Å². The van der Waals surface area contributed by atoms with E-state index in [4.69, 9.17) is 11.6 Å². The maximum atomic E-state index is 11.3. The highest BCUT2D eigenvalue weighted by molar-refractivity contribution is 8.14. The van der Waals surface area contributed by atoms with Gasteiger partial charge in [0, 0.05) is 6.04 Å². The summed E-state index contributed by atoms with van der Waals surface area (Å²) in [6.07, 6.45) is 1.88. The molecular formula is C8H18N4OS. The molecule has 14 heavy (non-hydrogen) atoms. The largest absolute Gasteiger partial charge is 0.377 e. The Labute approximate surface area is 88.7 Å². The molecule has 0 saturated heterocycles. The summed E-state index contributed by atoms with van der Waals surface area (Å²) in [5.74, 6) is 5.16. The third-order valence-electron chi connectivity index (χ3n) is 1.83. The topological polar surface area (TPSA) is 93.5 Å². The van der Waals surface area contributed by atoms with Gasteiger partial charge in [-0.25, -0.2) is 0 Å². The van der Waals surface area contributed by atoms with Gasteiger partial charge in [0.25, 0.3) is 0 Å². The molecule has 0 fully saturated rings. The van der Waals surface area contributed by atoms with Crippen LogP contribution in [0.5, 0.6) is 0 Å². The number of rotatable bonds is 5. The molecule has 0 aliphatic heterocycles. The highest BCUT2D eigenvalue weighted by atomic mass is 32.2. The molecule has 5 N–H and O–H groups in total. The lowest BCUT2D eigenvalue weighted by atomic mass is 10.2. The number of nitrogens with zero attached hydrogens (tertiary/aromatic N) is 1. The Kier molecular flexibility index (Phi) is 7.00. The van der Waals surface area contributed by atoms with Gasteiger partial charge in [-0.1, -0.05) is 25.6 Å². The highest BCUT2D eigenvalue weighted by Crippen LogP contribution is 2.00. The van der Waals surface area contributed by atoms with Crippen molar-refractivity contribution in [2.45, 2.75) is 32.7 Å². The van der Waals surface area contributed by atoms with E-state index >= 15 is 0 Å². The molecular weight excluding hydrogens is 200 g/mol. The average Bonchev–Trinajstić information content (AvgIpc) is 2.22. The lowest BCUT2D eigenvalue weighted by Crippen LogP contribution is -2.35. The van der Waals surface area contributed by atoms with E-state index in [1.54, 1.807) is 0 Å². The van der Waals surface area contributed by atoms with Crippen molar-refractivity contribution in [3.63, 3.8) is 0 Å². The number of carbonyl (C=O) groups excluding carboxylic acids is 1. The average molecular weight is 218 g/mol. The van der Waals surface area contributed by atoms with Crippen molar-refractivity contribution < 1.29 is 4.79 Å². The number of hydrogen-bond acceptors (Lipinski definition) is 4. The zero-order valence-electron chi connectivity index (χ0n) is 8.62. The SMILES string of the molecule is CCC(CC)NC(=O)CSC(N)=NN. The smallest absolute Gasteiger partial charge is 0.230 e. The lowest BCUT2D eigenvalue weighted by Gasteiger charge is -2.13. The standard InChI is InChI=1S/C8H18N4OS/c1-3-6(4-2)11-7(13)5-14-8(9)12-10/h6H,3-5,10H2,1-2H3,(H2,9,12)(H,11,13). The zero-order chi connectivity index (χ0) is 11.0. The summed E-state index contributed by atoms with van der Waals surface area (Å²) < 4.78 is 0. The normalized spacial score (nSPS) is 11.8. The fraction of sp³-hybridized carbons (Fsp3) is 0.750. The summed E-state index contributed by atoms with van der Waals surface area (Å²) in [6, 6.07) is 0.249. The summed E-state index contributed by atoms with van der Waals surface area (Å²) in [6.45, 7) is 4.08. The van der Waals surface area contributed by atoms with E-state index in [1.807, 2.05) is 13.8 Å². The van der Waals surface area contributed by atoms with Crippen LogP contribution in [0.2, 0.25) is 0 Å². The van der Waals surface area contributed by atoms with Crippen LogP contribution in [-0.4, -0.2) is 22.9 Å². The molecule has 0 aliphatic carbocycles. The van der Waals surface area contributed by atoms with Gasteiger partial charge in [-0.2, -0.15) is 5.10 Å². The van der Waals surface area contributed by atoms with Crippen molar-refractivity contribution in [1.29, 1.82) is 0 Å². The van der Waals surface area contributed by atoms with E-state index in [0.717, 1.165) is 24.6 Å². The summed E-state index contributed by atoms with van der Waals surface area (Å²) in [5.41, 5.74) is 5.33. The minimum absolute atomic E-state index is 0.0321. The van der Waals surface area contributed by atoms with Crippen LogP contribution in [0, 0.1) is 0 Å². The first-order chi connectivity index (χ1) is 6.63. The molecule has 5 nitrogen and oxygen atoms in total. The van der Waals surface area contributed by atoms with Gasteiger partial charge in [-0.3, -0.25) is 4.79 Å². The van der Waals surface area contributed by atoms with Crippen LogP contribution < -0.4 is 16.9 Å². The molecule has 0 bridgehead atoms. The van der Waals surface area contributed by atoms with Crippen LogP contribution in [0.3, 0.4) is 0 Å². The number of amidine groups is 1. The molecule has 0 aliphatic rings.